The van der Waals surface area contributed by atoms with Gasteiger partial charge >= 0.3 is 6.61 Å². The first kappa shape index (κ1) is 22.7. The highest BCUT2D eigenvalue weighted by Gasteiger charge is 2.27. The van der Waals surface area contributed by atoms with Gasteiger partial charge in [0.25, 0.3) is 0 Å². The van der Waals surface area contributed by atoms with Gasteiger partial charge in [0.15, 0.2) is 17.5 Å². The molecule has 0 spiro atoms. The Balaban J connectivity index is 1.92. The van der Waals surface area contributed by atoms with Crippen molar-refractivity contribution in [3.05, 3.63) is 23.8 Å². The van der Waals surface area contributed by atoms with Crippen molar-refractivity contribution in [2.45, 2.75) is 46.4 Å². The van der Waals surface area contributed by atoms with Crippen LogP contribution in [0.5, 0.6) is 11.5 Å². The summed E-state index contributed by atoms with van der Waals surface area (Å²) in [6, 6.07) is 4.96. The lowest BCUT2D eigenvalue weighted by Gasteiger charge is -2.20. The number of rotatable bonds is 8. The van der Waals surface area contributed by atoms with Crippen molar-refractivity contribution < 1.29 is 23.0 Å². The van der Waals surface area contributed by atoms with Crippen LogP contribution < -0.4 is 20.1 Å². The van der Waals surface area contributed by atoms with Gasteiger partial charge in [-0.1, -0.05) is 19.9 Å². The van der Waals surface area contributed by atoms with E-state index in [1.165, 1.54) is 6.07 Å². The minimum Gasteiger partial charge on any atom is -0.490 e. The van der Waals surface area contributed by atoms with Crippen LogP contribution in [0.3, 0.4) is 0 Å². The van der Waals surface area contributed by atoms with Crippen molar-refractivity contribution in [3.63, 3.8) is 0 Å². The Hall–Kier alpha value is -2.58. The summed E-state index contributed by atoms with van der Waals surface area (Å²) in [6.07, 6.45) is 0.854. The maximum atomic E-state index is 12.5. The number of carbonyl (C=O) groups excluding carboxylic acids is 1. The van der Waals surface area contributed by atoms with E-state index in [-0.39, 0.29) is 29.4 Å². The third-order valence-corrected chi connectivity index (χ3v) is 4.54. The molecule has 162 valence electrons. The summed E-state index contributed by atoms with van der Waals surface area (Å²) >= 11 is 0. The molecule has 0 bridgehead atoms. The molecule has 1 atom stereocenters. The van der Waals surface area contributed by atoms with Gasteiger partial charge in [-0.05, 0) is 31.0 Å². The largest absolute Gasteiger partial charge is 0.490 e. The summed E-state index contributed by atoms with van der Waals surface area (Å²) in [4.78, 5) is 18.2. The number of amides is 1. The SMILES string of the molecule is CCOc1cc(CNC(=NC)NC2CCN(C(=O)C(C)C)C2)ccc1OC(F)F. The second kappa shape index (κ2) is 10.8. The molecular weight excluding hydrogens is 382 g/mol. The Morgan fingerprint density at radius 1 is 1.34 bits per heavy atom. The fourth-order valence-electron chi connectivity index (χ4n) is 3.14. The lowest BCUT2D eigenvalue weighted by Crippen LogP contribution is -2.45. The molecule has 1 aromatic carbocycles. The van der Waals surface area contributed by atoms with Gasteiger partial charge < -0.3 is 25.0 Å². The molecule has 7 nitrogen and oxygen atoms in total. The number of hydrogen-bond acceptors (Lipinski definition) is 4. The summed E-state index contributed by atoms with van der Waals surface area (Å²) in [5, 5.41) is 6.53. The van der Waals surface area contributed by atoms with Crippen molar-refractivity contribution in [2.75, 3.05) is 26.7 Å². The average molecular weight is 412 g/mol. The molecule has 0 saturated carbocycles. The number of hydrogen-bond donors (Lipinski definition) is 2. The van der Waals surface area contributed by atoms with E-state index in [0.717, 1.165) is 18.5 Å². The molecule has 1 aliphatic heterocycles. The highest BCUT2D eigenvalue weighted by molar-refractivity contribution is 5.81. The van der Waals surface area contributed by atoms with Gasteiger partial charge in [-0.25, -0.2) is 0 Å². The molecule has 0 radical (unpaired) electrons. The van der Waals surface area contributed by atoms with Gasteiger partial charge in [0.05, 0.1) is 6.61 Å². The smallest absolute Gasteiger partial charge is 0.387 e. The number of carbonyl (C=O) groups is 1. The topological polar surface area (TPSA) is 75.2 Å². The van der Waals surface area contributed by atoms with Crippen molar-refractivity contribution in [3.8, 4) is 11.5 Å². The number of ether oxygens (including phenoxy) is 2. The zero-order valence-corrected chi connectivity index (χ0v) is 17.4. The molecule has 1 fully saturated rings. The minimum atomic E-state index is -2.91. The Bertz CT molecular complexity index is 713. The molecular formula is C20H30F2N4O3. The number of benzene rings is 1. The highest BCUT2D eigenvalue weighted by atomic mass is 19.3. The van der Waals surface area contributed by atoms with E-state index in [9.17, 15) is 13.6 Å². The van der Waals surface area contributed by atoms with Crippen molar-refractivity contribution >= 4 is 11.9 Å². The van der Waals surface area contributed by atoms with Gasteiger partial charge in [0.2, 0.25) is 5.91 Å². The van der Waals surface area contributed by atoms with Crippen LogP contribution in [0.4, 0.5) is 8.78 Å². The predicted octanol–water partition coefficient (Wildman–Crippen LogP) is 2.61. The van der Waals surface area contributed by atoms with E-state index >= 15 is 0 Å². The molecule has 2 rings (SSSR count). The van der Waals surface area contributed by atoms with Crippen molar-refractivity contribution in [1.82, 2.24) is 15.5 Å². The molecule has 1 saturated heterocycles. The van der Waals surface area contributed by atoms with Crippen LogP contribution in [0.25, 0.3) is 0 Å². The first-order valence-corrected chi connectivity index (χ1v) is 9.80. The number of alkyl halides is 2. The van der Waals surface area contributed by atoms with Crippen LogP contribution in [-0.2, 0) is 11.3 Å². The lowest BCUT2D eigenvalue weighted by atomic mass is 10.2. The zero-order chi connectivity index (χ0) is 21.4. The Kier molecular flexibility index (Phi) is 8.48. The van der Waals surface area contributed by atoms with Crippen LogP contribution in [-0.4, -0.2) is 56.2 Å². The number of aliphatic imine (C=N–C) groups is 1. The molecule has 2 N–H and O–H groups in total. The van der Waals surface area contributed by atoms with Crippen LogP contribution in [0.15, 0.2) is 23.2 Å². The second-order valence-electron chi connectivity index (χ2n) is 7.09. The van der Waals surface area contributed by atoms with E-state index < -0.39 is 6.61 Å². The standard InChI is InChI=1S/C20H30F2N4O3/c1-5-28-17-10-14(6-7-16(17)29-19(21)22)11-24-20(23-4)25-15-8-9-26(12-15)18(27)13(2)3/h6-7,10,13,15,19H,5,8-9,11-12H2,1-4H3,(H2,23,24,25). The van der Waals surface area contributed by atoms with Crippen LogP contribution in [0.1, 0.15) is 32.8 Å². The fourth-order valence-corrected chi connectivity index (χ4v) is 3.14. The molecule has 1 amide bonds. The van der Waals surface area contributed by atoms with Gasteiger partial charge in [-0.2, -0.15) is 8.78 Å². The summed E-state index contributed by atoms with van der Waals surface area (Å²) < 4.78 is 34.9. The predicted molar refractivity (Wildman–Crippen MR) is 107 cm³/mol. The van der Waals surface area contributed by atoms with Gasteiger partial charge in [0.1, 0.15) is 0 Å². The molecule has 0 aliphatic carbocycles. The second-order valence-corrected chi connectivity index (χ2v) is 7.09. The highest BCUT2D eigenvalue weighted by Crippen LogP contribution is 2.29. The quantitative estimate of drug-likeness (QED) is 0.507. The third kappa shape index (κ3) is 6.76. The van der Waals surface area contributed by atoms with Crippen molar-refractivity contribution in [1.29, 1.82) is 0 Å². The van der Waals surface area contributed by atoms with E-state index in [1.807, 2.05) is 18.7 Å². The Morgan fingerprint density at radius 2 is 2.10 bits per heavy atom. The molecule has 0 aromatic heterocycles. The third-order valence-electron chi connectivity index (χ3n) is 4.54. The average Bonchev–Trinajstić information content (AvgIpc) is 3.14. The van der Waals surface area contributed by atoms with Crippen LogP contribution in [0, 0.1) is 5.92 Å². The Morgan fingerprint density at radius 3 is 2.72 bits per heavy atom. The van der Waals surface area contributed by atoms with E-state index in [0.29, 0.717) is 25.7 Å². The summed E-state index contributed by atoms with van der Waals surface area (Å²) in [5.74, 6) is 1.04. The Labute approximate surface area is 170 Å². The van der Waals surface area contributed by atoms with E-state index in [1.54, 1.807) is 26.1 Å². The minimum absolute atomic E-state index is 0.00831. The van der Waals surface area contributed by atoms with E-state index in [4.69, 9.17) is 4.74 Å². The molecule has 29 heavy (non-hydrogen) atoms. The summed E-state index contributed by atoms with van der Waals surface area (Å²) in [6.45, 7) is 4.81. The maximum absolute atomic E-state index is 12.5. The van der Waals surface area contributed by atoms with Crippen LogP contribution >= 0.6 is 0 Å². The van der Waals surface area contributed by atoms with E-state index in [2.05, 4.69) is 20.4 Å². The fraction of sp³-hybridized carbons (Fsp3) is 0.600. The van der Waals surface area contributed by atoms with Crippen molar-refractivity contribution in [2.24, 2.45) is 10.9 Å². The number of likely N-dealkylation sites (tertiary alicyclic amines) is 1. The maximum Gasteiger partial charge on any atom is 0.387 e. The first-order chi connectivity index (χ1) is 13.8. The van der Waals surface area contributed by atoms with Gasteiger partial charge in [-0.3, -0.25) is 9.79 Å². The molecule has 9 heteroatoms. The van der Waals surface area contributed by atoms with Gasteiger partial charge in [-0.15, -0.1) is 0 Å². The number of halogens is 2. The monoisotopic (exact) mass is 412 g/mol. The van der Waals surface area contributed by atoms with Crippen LogP contribution in [0.2, 0.25) is 0 Å². The van der Waals surface area contributed by atoms with Gasteiger partial charge in [0, 0.05) is 38.6 Å². The summed E-state index contributed by atoms with van der Waals surface area (Å²) in [5.41, 5.74) is 0.834. The molecule has 1 unspecified atom stereocenters. The summed E-state index contributed by atoms with van der Waals surface area (Å²) in [7, 11) is 1.67. The molecule has 1 aliphatic rings. The zero-order valence-electron chi connectivity index (χ0n) is 17.4. The number of guanidine groups is 1. The molecule has 1 heterocycles. The number of nitrogens with one attached hydrogen (secondary N) is 2. The lowest BCUT2D eigenvalue weighted by molar-refractivity contribution is -0.133. The molecule has 1 aromatic rings. The normalized spacial score (nSPS) is 17.0. The number of nitrogens with zero attached hydrogens (tertiary/aromatic N) is 2. The first-order valence-electron chi connectivity index (χ1n) is 9.80.